The summed E-state index contributed by atoms with van der Waals surface area (Å²) in [5.74, 6) is 3.58. The van der Waals surface area contributed by atoms with Crippen LogP contribution in [0.15, 0.2) is 22.7 Å². The molecular weight excluding hydrogens is 351 g/mol. The topological polar surface area (TPSA) is 38.9 Å². The average molecular weight is 361 g/mol. The van der Waals surface area contributed by atoms with Gasteiger partial charge in [0.2, 0.25) is 0 Å². The maximum absolute atomic E-state index is 5.97. The Morgan fingerprint density at radius 2 is 2.24 bits per heavy atom. The van der Waals surface area contributed by atoms with E-state index in [4.69, 9.17) is 16.0 Å². The predicted molar refractivity (Wildman–Crippen MR) is 74.0 cm³/mol. The molecule has 2 atom stereocenters. The Bertz CT molecular complexity index is 569. The van der Waals surface area contributed by atoms with Crippen molar-refractivity contribution in [3.8, 4) is 11.6 Å². The molecule has 0 N–H and O–H groups in total. The van der Waals surface area contributed by atoms with E-state index in [1.807, 2.05) is 12.1 Å². The van der Waals surface area contributed by atoms with Gasteiger partial charge in [0.05, 0.1) is 3.57 Å². The lowest BCUT2D eigenvalue weighted by Gasteiger charge is -1.98. The largest absolute Gasteiger partial charge is 0.457 e. The van der Waals surface area contributed by atoms with Gasteiger partial charge < -0.3 is 4.42 Å². The Kier molecular flexibility index (Phi) is 2.86. The molecule has 1 saturated carbocycles. The summed E-state index contributed by atoms with van der Waals surface area (Å²) < 4.78 is 6.62. The SMILES string of the molecule is CC1CC1c1ccc(-c2ncc(I)c(Cl)n2)o1. The van der Waals surface area contributed by atoms with Gasteiger partial charge in [0.25, 0.3) is 0 Å². The molecule has 1 aliphatic rings. The van der Waals surface area contributed by atoms with Crippen molar-refractivity contribution < 1.29 is 4.42 Å². The molecule has 3 nitrogen and oxygen atoms in total. The van der Waals surface area contributed by atoms with Crippen molar-refractivity contribution in [3.05, 3.63) is 32.8 Å². The normalized spacial score (nSPS) is 22.8. The lowest BCUT2D eigenvalue weighted by molar-refractivity contribution is 0.515. The maximum Gasteiger partial charge on any atom is 0.197 e. The Morgan fingerprint density at radius 1 is 1.47 bits per heavy atom. The molecule has 0 aromatic carbocycles. The van der Waals surface area contributed by atoms with Crippen molar-refractivity contribution in [2.75, 3.05) is 0 Å². The highest BCUT2D eigenvalue weighted by Crippen LogP contribution is 2.47. The van der Waals surface area contributed by atoms with E-state index in [1.54, 1.807) is 6.20 Å². The third-order valence-corrected chi connectivity index (χ3v) is 4.42. The van der Waals surface area contributed by atoms with Gasteiger partial charge in [0.1, 0.15) is 10.9 Å². The second-order valence-electron chi connectivity index (χ2n) is 4.35. The Balaban J connectivity index is 1.92. The summed E-state index contributed by atoms with van der Waals surface area (Å²) in [5, 5.41) is 0.466. The van der Waals surface area contributed by atoms with Gasteiger partial charge in [-0.15, -0.1) is 0 Å². The Hall–Kier alpha value is -0.620. The highest BCUT2D eigenvalue weighted by Gasteiger charge is 2.36. The minimum atomic E-state index is 0.466. The van der Waals surface area contributed by atoms with Gasteiger partial charge in [0.15, 0.2) is 11.6 Å². The second-order valence-corrected chi connectivity index (χ2v) is 5.87. The predicted octanol–water partition coefficient (Wildman–Crippen LogP) is 4.12. The molecule has 0 spiro atoms. The molecule has 0 aliphatic heterocycles. The molecule has 2 heterocycles. The van der Waals surface area contributed by atoms with E-state index in [-0.39, 0.29) is 0 Å². The van der Waals surface area contributed by atoms with Crippen LogP contribution in [0, 0.1) is 9.49 Å². The summed E-state index contributed by atoms with van der Waals surface area (Å²) in [7, 11) is 0. The fraction of sp³-hybridized carbons (Fsp3) is 0.333. The molecule has 2 unspecified atom stereocenters. The van der Waals surface area contributed by atoms with Crippen LogP contribution in [-0.2, 0) is 0 Å². The van der Waals surface area contributed by atoms with Crippen molar-refractivity contribution in [2.24, 2.45) is 5.92 Å². The van der Waals surface area contributed by atoms with Gasteiger partial charge >= 0.3 is 0 Å². The van der Waals surface area contributed by atoms with Crippen LogP contribution in [0.4, 0.5) is 0 Å². The molecule has 2 aromatic heterocycles. The molecule has 0 saturated heterocycles. The first-order valence-electron chi connectivity index (χ1n) is 5.43. The molecule has 2 aromatic rings. The van der Waals surface area contributed by atoms with Gasteiger partial charge in [-0.25, -0.2) is 9.97 Å². The number of rotatable bonds is 2. The van der Waals surface area contributed by atoms with Crippen LogP contribution in [-0.4, -0.2) is 9.97 Å². The van der Waals surface area contributed by atoms with E-state index in [9.17, 15) is 0 Å². The number of nitrogens with zero attached hydrogens (tertiary/aromatic N) is 2. The van der Waals surface area contributed by atoms with E-state index in [1.165, 1.54) is 6.42 Å². The molecule has 0 amide bonds. The van der Waals surface area contributed by atoms with Crippen LogP contribution >= 0.6 is 34.2 Å². The first kappa shape index (κ1) is 11.5. The first-order valence-corrected chi connectivity index (χ1v) is 6.89. The van der Waals surface area contributed by atoms with E-state index >= 15 is 0 Å². The maximum atomic E-state index is 5.97. The van der Waals surface area contributed by atoms with Crippen LogP contribution in [0.5, 0.6) is 0 Å². The lowest BCUT2D eigenvalue weighted by atomic mass is 10.3. The third-order valence-electron chi connectivity index (χ3n) is 3.02. The third kappa shape index (κ3) is 2.20. The van der Waals surface area contributed by atoms with Crippen molar-refractivity contribution in [3.63, 3.8) is 0 Å². The monoisotopic (exact) mass is 360 g/mol. The Morgan fingerprint density at radius 3 is 2.88 bits per heavy atom. The van der Waals surface area contributed by atoms with Crippen molar-refractivity contribution in [2.45, 2.75) is 19.3 Å². The standard InChI is InChI=1S/C12H10ClIN2O/c1-6-4-7(6)9-2-3-10(17-9)12-15-5-8(14)11(13)16-12/h2-3,5-7H,4H2,1H3. The summed E-state index contributed by atoms with van der Waals surface area (Å²) in [4.78, 5) is 8.43. The quantitative estimate of drug-likeness (QED) is 0.597. The number of furan rings is 1. The molecule has 1 aliphatic carbocycles. The van der Waals surface area contributed by atoms with Crippen LogP contribution in [0.2, 0.25) is 5.15 Å². The zero-order chi connectivity index (χ0) is 12.0. The smallest absolute Gasteiger partial charge is 0.197 e. The summed E-state index contributed by atoms with van der Waals surface area (Å²) in [6.45, 7) is 2.23. The zero-order valence-electron chi connectivity index (χ0n) is 9.15. The van der Waals surface area contributed by atoms with Gasteiger partial charge in [-0.05, 0) is 47.1 Å². The van der Waals surface area contributed by atoms with E-state index in [2.05, 4.69) is 39.5 Å². The number of halogens is 2. The molecule has 3 rings (SSSR count). The zero-order valence-corrected chi connectivity index (χ0v) is 12.1. The average Bonchev–Trinajstić information content (AvgIpc) is 2.86. The fourth-order valence-electron chi connectivity index (χ4n) is 1.86. The number of hydrogen-bond donors (Lipinski definition) is 0. The van der Waals surface area contributed by atoms with Crippen LogP contribution in [0.3, 0.4) is 0 Å². The molecule has 0 radical (unpaired) electrons. The van der Waals surface area contributed by atoms with Gasteiger partial charge in [-0.1, -0.05) is 18.5 Å². The van der Waals surface area contributed by atoms with Crippen LogP contribution < -0.4 is 0 Å². The molecule has 17 heavy (non-hydrogen) atoms. The lowest BCUT2D eigenvalue weighted by Crippen LogP contribution is -1.89. The van der Waals surface area contributed by atoms with Crippen molar-refractivity contribution in [1.29, 1.82) is 0 Å². The summed E-state index contributed by atoms with van der Waals surface area (Å²) in [5.41, 5.74) is 0. The highest BCUT2D eigenvalue weighted by molar-refractivity contribution is 14.1. The van der Waals surface area contributed by atoms with E-state index in [0.29, 0.717) is 22.7 Å². The van der Waals surface area contributed by atoms with Crippen LogP contribution in [0.1, 0.15) is 25.0 Å². The highest BCUT2D eigenvalue weighted by atomic mass is 127. The summed E-state index contributed by atoms with van der Waals surface area (Å²) >= 11 is 8.07. The van der Waals surface area contributed by atoms with Gasteiger partial charge in [-0.2, -0.15) is 0 Å². The van der Waals surface area contributed by atoms with Crippen molar-refractivity contribution >= 4 is 34.2 Å². The van der Waals surface area contributed by atoms with Crippen molar-refractivity contribution in [1.82, 2.24) is 9.97 Å². The van der Waals surface area contributed by atoms with Gasteiger partial charge in [-0.3, -0.25) is 0 Å². The summed E-state index contributed by atoms with van der Waals surface area (Å²) in [6.07, 6.45) is 2.91. The molecule has 0 bridgehead atoms. The fourth-order valence-corrected chi connectivity index (χ4v) is 2.24. The Labute approximate surface area is 118 Å². The number of hydrogen-bond acceptors (Lipinski definition) is 3. The first-order chi connectivity index (χ1) is 8.15. The minimum absolute atomic E-state index is 0.466. The molecule has 88 valence electrons. The molecular formula is C12H10ClIN2O. The molecule has 5 heteroatoms. The van der Waals surface area contributed by atoms with E-state index < -0.39 is 0 Å². The second kappa shape index (κ2) is 4.24. The van der Waals surface area contributed by atoms with Crippen LogP contribution in [0.25, 0.3) is 11.6 Å². The van der Waals surface area contributed by atoms with E-state index in [0.717, 1.165) is 15.2 Å². The summed E-state index contributed by atoms with van der Waals surface area (Å²) in [6, 6.07) is 3.93. The minimum Gasteiger partial charge on any atom is -0.457 e. The number of aromatic nitrogens is 2. The molecule has 1 fully saturated rings. The van der Waals surface area contributed by atoms with Gasteiger partial charge in [0, 0.05) is 12.1 Å².